The van der Waals surface area contributed by atoms with E-state index in [2.05, 4.69) is 27.7 Å². The number of aromatic nitrogens is 2. The van der Waals surface area contributed by atoms with Gasteiger partial charge in [0.1, 0.15) is 5.82 Å². The van der Waals surface area contributed by atoms with Crippen LogP contribution in [0.15, 0.2) is 6.20 Å². The summed E-state index contributed by atoms with van der Waals surface area (Å²) in [5.74, 6) is 1.14. The van der Waals surface area contributed by atoms with Crippen LogP contribution in [-0.2, 0) is 18.3 Å². The Morgan fingerprint density at radius 3 is 2.71 bits per heavy atom. The van der Waals surface area contributed by atoms with Crippen LogP contribution in [0.4, 0.5) is 0 Å². The fourth-order valence-corrected chi connectivity index (χ4v) is 1.77. The maximum Gasteiger partial charge on any atom is 0.122 e. The smallest absolute Gasteiger partial charge is 0.122 e. The normalized spacial score (nSPS) is 18.7. The lowest BCUT2D eigenvalue weighted by Gasteiger charge is -2.25. The highest BCUT2D eigenvalue weighted by atomic mass is 16.5. The second kappa shape index (κ2) is 4.11. The topological polar surface area (TPSA) is 30.3 Å². The van der Waals surface area contributed by atoms with Crippen molar-refractivity contribution in [2.75, 3.05) is 26.3 Å². The van der Waals surface area contributed by atoms with E-state index in [1.165, 1.54) is 0 Å². The second-order valence-corrected chi connectivity index (χ2v) is 3.80. The van der Waals surface area contributed by atoms with Crippen molar-refractivity contribution in [2.24, 2.45) is 7.05 Å². The van der Waals surface area contributed by atoms with Crippen LogP contribution in [0, 0.1) is 6.92 Å². The van der Waals surface area contributed by atoms with Crippen LogP contribution in [0.25, 0.3) is 0 Å². The zero-order chi connectivity index (χ0) is 9.97. The van der Waals surface area contributed by atoms with Crippen LogP contribution >= 0.6 is 0 Å². The number of hydrogen-bond acceptors (Lipinski definition) is 3. The third kappa shape index (κ3) is 2.13. The van der Waals surface area contributed by atoms with Crippen molar-refractivity contribution in [3.8, 4) is 0 Å². The predicted octanol–water partition coefficient (Wildman–Crippen LogP) is 0.561. The fourth-order valence-electron chi connectivity index (χ4n) is 1.77. The van der Waals surface area contributed by atoms with Crippen molar-refractivity contribution >= 4 is 0 Å². The molecular weight excluding hydrogens is 178 g/mol. The summed E-state index contributed by atoms with van der Waals surface area (Å²) in [5, 5.41) is 0. The Kier molecular flexibility index (Phi) is 2.84. The monoisotopic (exact) mass is 195 g/mol. The summed E-state index contributed by atoms with van der Waals surface area (Å²) in [4.78, 5) is 6.87. The highest BCUT2D eigenvalue weighted by molar-refractivity contribution is 5.01. The number of imidazole rings is 1. The van der Waals surface area contributed by atoms with Crippen molar-refractivity contribution in [3.63, 3.8) is 0 Å². The zero-order valence-electron chi connectivity index (χ0n) is 8.86. The molecule has 4 nitrogen and oxygen atoms in total. The molecule has 0 N–H and O–H groups in total. The number of rotatable bonds is 2. The van der Waals surface area contributed by atoms with E-state index in [0.29, 0.717) is 0 Å². The highest BCUT2D eigenvalue weighted by Crippen LogP contribution is 2.06. The average molecular weight is 195 g/mol. The molecule has 2 heterocycles. The van der Waals surface area contributed by atoms with Gasteiger partial charge in [-0.25, -0.2) is 4.98 Å². The maximum atomic E-state index is 5.30. The van der Waals surface area contributed by atoms with Crippen molar-refractivity contribution in [1.29, 1.82) is 0 Å². The molecule has 0 saturated carbocycles. The third-order valence-corrected chi connectivity index (χ3v) is 2.56. The van der Waals surface area contributed by atoms with E-state index in [9.17, 15) is 0 Å². The summed E-state index contributed by atoms with van der Waals surface area (Å²) in [7, 11) is 2.05. The van der Waals surface area contributed by atoms with Gasteiger partial charge in [-0.1, -0.05) is 0 Å². The first-order valence-electron chi connectivity index (χ1n) is 5.04. The molecule has 78 valence electrons. The van der Waals surface area contributed by atoms with E-state index >= 15 is 0 Å². The summed E-state index contributed by atoms with van der Waals surface area (Å²) in [5.41, 5.74) is 1.09. The van der Waals surface area contributed by atoms with Gasteiger partial charge in [0.15, 0.2) is 0 Å². The number of nitrogens with zero attached hydrogens (tertiary/aromatic N) is 3. The van der Waals surface area contributed by atoms with Crippen LogP contribution in [0.5, 0.6) is 0 Å². The van der Waals surface area contributed by atoms with E-state index in [1.807, 2.05) is 6.92 Å². The van der Waals surface area contributed by atoms with Gasteiger partial charge in [-0.2, -0.15) is 0 Å². The molecule has 0 amide bonds. The number of morpholine rings is 1. The second-order valence-electron chi connectivity index (χ2n) is 3.80. The lowest BCUT2D eigenvalue weighted by Crippen LogP contribution is -2.36. The van der Waals surface area contributed by atoms with E-state index in [4.69, 9.17) is 4.74 Å². The molecule has 0 spiro atoms. The van der Waals surface area contributed by atoms with E-state index in [0.717, 1.165) is 44.4 Å². The third-order valence-electron chi connectivity index (χ3n) is 2.56. The largest absolute Gasteiger partial charge is 0.379 e. The minimum Gasteiger partial charge on any atom is -0.379 e. The summed E-state index contributed by atoms with van der Waals surface area (Å²) < 4.78 is 7.41. The quantitative estimate of drug-likeness (QED) is 0.691. The molecule has 1 aliphatic rings. The summed E-state index contributed by atoms with van der Waals surface area (Å²) in [6.45, 7) is 6.71. The molecule has 1 aliphatic heterocycles. The van der Waals surface area contributed by atoms with Gasteiger partial charge in [-0.3, -0.25) is 4.90 Å². The van der Waals surface area contributed by atoms with Crippen molar-refractivity contribution in [3.05, 3.63) is 17.7 Å². The molecule has 0 radical (unpaired) electrons. The van der Waals surface area contributed by atoms with Crippen LogP contribution in [-0.4, -0.2) is 40.8 Å². The molecule has 1 fully saturated rings. The molecule has 0 unspecified atom stereocenters. The van der Waals surface area contributed by atoms with Crippen LogP contribution in [0.2, 0.25) is 0 Å². The van der Waals surface area contributed by atoms with Crippen LogP contribution in [0.3, 0.4) is 0 Å². The first-order chi connectivity index (χ1) is 6.75. The summed E-state index contributed by atoms with van der Waals surface area (Å²) >= 11 is 0. The number of ether oxygens (including phenoxy) is 1. The molecule has 1 aromatic rings. The lowest BCUT2D eigenvalue weighted by atomic mass is 10.4. The molecule has 4 heteroatoms. The van der Waals surface area contributed by atoms with Gasteiger partial charge < -0.3 is 9.30 Å². The Hall–Kier alpha value is -0.870. The molecular formula is C10H17N3O. The fraction of sp³-hybridized carbons (Fsp3) is 0.700. The molecule has 0 aromatic carbocycles. The minimum atomic E-state index is 0.851. The number of hydrogen-bond donors (Lipinski definition) is 0. The first-order valence-corrected chi connectivity index (χ1v) is 5.04. The molecule has 2 rings (SSSR count). The molecule has 14 heavy (non-hydrogen) atoms. The molecule has 0 aliphatic carbocycles. The Bertz CT molecular complexity index is 302. The maximum absolute atomic E-state index is 5.30. The molecule has 0 atom stereocenters. The van der Waals surface area contributed by atoms with Crippen molar-refractivity contribution < 1.29 is 4.74 Å². The van der Waals surface area contributed by atoms with Gasteiger partial charge in [0.25, 0.3) is 0 Å². The van der Waals surface area contributed by atoms with Crippen molar-refractivity contribution in [1.82, 2.24) is 14.5 Å². The molecule has 1 aromatic heterocycles. The van der Waals surface area contributed by atoms with Gasteiger partial charge in [0.2, 0.25) is 0 Å². The van der Waals surface area contributed by atoms with E-state index in [1.54, 1.807) is 0 Å². The Morgan fingerprint density at radius 2 is 2.14 bits per heavy atom. The SMILES string of the molecule is Cc1cn(C)c(CN2CCOCC2)n1. The van der Waals surface area contributed by atoms with Crippen LogP contribution < -0.4 is 0 Å². The lowest BCUT2D eigenvalue weighted by molar-refractivity contribution is 0.0327. The minimum absolute atomic E-state index is 0.851. The summed E-state index contributed by atoms with van der Waals surface area (Å²) in [6.07, 6.45) is 2.07. The average Bonchev–Trinajstić information content (AvgIpc) is 2.47. The highest BCUT2D eigenvalue weighted by Gasteiger charge is 2.13. The number of aryl methyl sites for hydroxylation is 2. The zero-order valence-corrected chi connectivity index (χ0v) is 8.86. The van der Waals surface area contributed by atoms with Crippen LogP contribution in [0.1, 0.15) is 11.5 Å². The van der Waals surface area contributed by atoms with Gasteiger partial charge in [-0.15, -0.1) is 0 Å². The standard InChI is InChI=1S/C10H17N3O/c1-9-7-12(2)10(11-9)8-13-3-5-14-6-4-13/h7H,3-6,8H2,1-2H3. The first kappa shape index (κ1) is 9.68. The van der Waals surface area contributed by atoms with Gasteiger partial charge in [0.05, 0.1) is 25.5 Å². The molecule has 0 bridgehead atoms. The van der Waals surface area contributed by atoms with E-state index in [-0.39, 0.29) is 0 Å². The Morgan fingerprint density at radius 1 is 1.43 bits per heavy atom. The predicted molar refractivity (Wildman–Crippen MR) is 54.0 cm³/mol. The Labute approximate surface area is 84.5 Å². The van der Waals surface area contributed by atoms with Gasteiger partial charge in [-0.05, 0) is 6.92 Å². The molecule has 1 saturated heterocycles. The summed E-state index contributed by atoms with van der Waals surface area (Å²) in [6, 6.07) is 0. The Balaban J connectivity index is 1.98. The van der Waals surface area contributed by atoms with E-state index < -0.39 is 0 Å². The van der Waals surface area contributed by atoms with Gasteiger partial charge >= 0.3 is 0 Å². The van der Waals surface area contributed by atoms with Crippen molar-refractivity contribution in [2.45, 2.75) is 13.5 Å². The van der Waals surface area contributed by atoms with Gasteiger partial charge in [0, 0.05) is 26.3 Å².